The molecule has 6 nitrogen and oxygen atoms in total. The Morgan fingerprint density at radius 2 is 1.88 bits per heavy atom. The number of nitrogens with two attached hydrogens (primary N) is 1. The summed E-state index contributed by atoms with van der Waals surface area (Å²) < 4.78 is 0. The number of primary amides is 1. The first-order valence-corrected chi connectivity index (χ1v) is 7.60. The molecule has 0 saturated heterocycles. The van der Waals surface area contributed by atoms with Crippen LogP contribution < -0.4 is 11.1 Å². The molecule has 7 heteroatoms. The highest BCUT2D eigenvalue weighted by molar-refractivity contribution is 6.40. The van der Waals surface area contributed by atoms with E-state index in [9.17, 15) is 14.4 Å². The molecule has 122 valence electrons. The second kappa shape index (κ2) is 6.33. The highest BCUT2D eigenvalue weighted by Gasteiger charge is 2.36. The van der Waals surface area contributed by atoms with Crippen molar-refractivity contribution in [3.63, 3.8) is 0 Å². The minimum atomic E-state index is -1.05. The summed E-state index contributed by atoms with van der Waals surface area (Å²) in [6.07, 6.45) is 0. The van der Waals surface area contributed by atoms with Gasteiger partial charge in [0.1, 0.15) is 6.04 Å². The molecule has 0 bridgehead atoms. The van der Waals surface area contributed by atoms with E-state index < -0.39 is 23.8 Å². The Morgan fingerprint density at radius 3 is 2.54 bits per heavy atom. The average molecular weight is 344 g/mol. The zero-order valence-corrected chi connectivity index (χ0v) is 13.3. The zero-order valence-electron chi connectivity index (χ0n) is 12.5. The fraction of sp³-hybridized carbons (Fsp3) is 0.118. The molecule has 0 fully saturated rings. The van der Waals surface area contributed by atoms with Gasteiger partial charge in [-0.1, -0.05) is 41.9 Å². The number of carbonyl (C=O) groups is 3. The summed E-state index contributed by atoms with van der Waals surface area (Å²) in [4.78, 5) is 37.8. The number of nitrogens with one attached hydrogen (secondary N) is 1. The van der Waals surface area contributed by atoms with Gasteiger partial charge in [-0.15, -0.1) is 0 Å². The van der Waals surface area contributed by atoms with Gasteiger partial charge in [0.25, 0.3) is 0 Å². The minimum Gasteiger partial charge on any atom is -0.368 e. The first kappa shape index (κ1) is 16.0. The standard InChI is InChI=1S/C17H14ClN3O3/c18-12-6-7-13-11(8-12)9-21(17(24)16(23)20-13)14(15(19)22)10-4-2-1-3-5-10/h1-8,14H,9H2,(H2,19,22)(H,20,23)/t14-/m0/s1. The normalized spacial score (nSPS) is 15.3. The predicted molar refractivity (Wildman–Crippen MR) is 89.0 cm³/mol. The first-order valence-electron chi connectivity index (χ1n) is 7.22. The van der Waals surface area contributed by atoms with Crippen molar-refractivity contribution in [2.45, 2.75) is 12.6 Å². The van der Waals surface area contributed by atoms with Gasteiger partial charge in [0.15, 0.2) is 0 Å². The summed E-state index contributed by atoms with van der Waals surface area (Å²) in [7, 11) is 0. The van der Waals surface area contributed by atoms with Gasteiger partial charge >= 0.3 is 11.8 Å². The van der Waals surface area contributed by atoms with Gasteiger partial charge < -0.3 is 16.0 Å². The molecule has 24 heavy (non-hydrogen) atoms. The van der Waals surface area contributed by atoms with Crippen LogP contribution in [0.25, 0.3) is 0 Å². The Hall–Kier alpha value is -2.86. The maximum atomic E-state index is 12.5. The Balaban J connectivity index is 2.08. The molecular weight excluding hydrogens is 330 g/mol. The second-order valence-electron chi connectivity index (χ2n) is 5.40. The molecule has 3 rings (SSSR count). The van der Waals surface area contributed by atoms with Crippen LogP contribution in [0.15, 0.2) is 48.5 Å². The van der Waals surface area contributed by atoms with Crippen molar-refractivity contribution in [2.75, 3.05) is 5.32 Å². The maximum Gasteiger partial charge on any atom is 0.313 e. The van der Waals surface area contributed by atoms with Crippen molar-refractivity contribution in [3.05, 3.63) is 64.7 Å². The van der Waals surface area contributed by atoms with Crippen LogP contribution in [-0.4, -0.2) is 22.6 Å². The fourth-order valence-corrected chi connectivity index (χ4v) is 2.91. The number of benzene rings is 2. The van der Waals surface area contributed by atoms with E-state index in [1.807, 2.05) is 0 Å². The molecule has 0 aliphatic carbocycles. The molecule has 2 aromatic rings. The number of anilines is 1. The van der Waals surface area contributed by atoms with Crippen molar-refractivity contribution in [3.8, 4) is 0 Å². The third kappa shape index (κ3) is 2.96. The van der Waals surface area contributed by atoms with Crippen molar-refractivity contribution >= 4 is 35.0 Å². The number of fused-ring (bicyclic) bond motifs is 1. The summed E-state index contributed by atoms with van der Waals surface area (Å²) >= 11 is 6.00. The highest BCUT2D eigenvalue weighted by Crippen LogP contribution is 2.30. The molecule has 3 N–H and O–H groups in total. The molecule has 2 aromatic carbocycles. The monoisotopic (exact) mass is 343 g/mol. The lowest BCUT2D eigenvalue weighted by molar-refractivity contribution is -0.147. The number of carbonyl (C=O) groups excluding carboxylic acids is 3. The van der Waals surface area contributed by atoms with Crippen LogP contribution in [0.2, 0.25) is 5.02 Å². The van der Waals surface area contributed by atoms with Crippen LogP contribution in [0.3, 0.4) is 0 Å². The van der Waals surface area contributed by atoms with E-state index in [4.69, 9.17) is 17.3 Å². The SMILES string of the molecule is NC(=O)[C@H](c1ccccc1)N1Cc2cc(Cl)ccc2NC(=O)C1=O. The van der Waals surface area contributed by atoms with Gasteiger partial charge in [0, 0.05) is 17.3 Å². The molecule has 1 atom stereocenters. The molecule has 1 aliphatic rings. The van der Waals surface area contributed by atoms with Crippen molar-refractivity contribution < 1.29 is 14.4 Å². The van der Waals surface area contributed by atoms with E-state index in [1.54, 1.807) is 48.5 Å². The van der Waals surface area contributed by atoms with Crippen LogP contribution in [0.1, 0.15) is 17.2 Å². The van der Waals surface area contributed by atoms with Crippen LogP contribution in [0.5, 0.6) is 0 Å². The molecule has 0 radical (unpaired) electrons. The third-order valence-electron chi connectivity index (χ3n) is 3.81. The highest BCUT2D eigenvalue weighted by atomic mass is 35.5. The number of amides is 3. The average Bonchev–Trinajstić information content (AvgIpc) is 2.67. The Bertz CT molecular complexity index is 823. The number of hydrogen-bond donors (Lipinski definition) is 2. The molecular formula is C17H14ClN3O3. The number of halogens is 1. The summed E-state index contributed by atoms with van der Waals surface area (Å²) in [6.45, 7) is 0.0377. The summed E-state index contributed by atoms with van der Waals surface area (Å²) in [6, 6.07) is 12.5. The van der Waals surface area contributed by atoms with Gasteiger partial charge in [-0.3, -0.25) is 14.4 Å². The Kier molecular flexibility index (Phi) is 4.22. The molecule has 1 aliphatic heterocycles. The van der Waals surface area contributed by atoms with E-state index in [0.717, 1.165) is 4.90 Å². The van der Waals surface area contributed by atoms with Crippen LogP contribution in [0.4, 0.5) is 5.69 Å². The lowest BCUT2D eigenvalue weighted by Crippen LogP contribution is -2.44. The predicted octanol–water partition coefficient (Wildman–Crippen LogP) is 1.85. The number of hydrogen-bond acceptors (Lipinski definition) is 3. The Morgan fingerprint density at radius 1 is 1.17 bits per heavy atom. The Labute approximate surface area is 143 Å². The summed E-state index contributed by atoms with van der Waals surface area (Å²) in [5.41, 5.74) is 7.17. The van der Waals surface area contributed by atoms with Crippen LogP contribution >= 0.6 is 11.6 Å². The molecule has 0 spiro atoms. The lowest BCUT2D eigenvalue weighted by atomic mass is 10.0. The smallest absolute Gasteiger partial charge is 0.313 e. The minimum absolute atomic E-state index is 0.0377. The van der Waals surface area contributed by atoms with Crippen molar-refractivity contribution in [1.29, 1.82) is 0 Å². The lowest BCUT2D eigenvalue weighted by Gasteiger charge is -2.28. The van der Waals surface area contributed by atoms with Gasteiger partial charge in [0.05, 0.1) is 0 Å². The number of nitrogens with zero attached hydrogens (tertiary/aromatic N) is 1. The quantitative estimate of drug-likeness (QED) is 0.833. The van der Waals surface area contributed by atoms with Crippen molar-refractivity contribution in [1.82, 2.24) is 4.90 Å². The molecule has 1 heterocycles. The molecule has 0 aromatic heterocycles. The van der Waals surface area contributed by atoms with Gasteiger partial charge in [-0.05, 0) is 29.3 Å². The summed E-state index contributed by atoms with van der Waals surface area (Å²) in [5, 5.41) is 3.00. The first-order chi connectivity index (χ1) is 11.5. The second-order valence-corrected chi connectivity index (χ2v) is 5.84. The molecule has 0 saturated carbocycles. The van der Waals surface area contributed by atoms with E-state index in [0.29, 0.717) is 21.8 Å². The van der Waals surface area contributed by atoms with E-state index in [-0.39, 0.29) is 6.54 Å². The van der Waals surface area contributed by atoms with Gasteiger partial charge in [-0.25, -0.2) is 0 Å². The largest absolute Gasteiger partial charge is 0.368 e. The van der Waals surface area contributed by atoms with E-state index in [1.165, 1.54) is 0 Å². The summed E-state index contributed by atoms with van der Waals surface area (Å²) in [5.74, 6) is -2.36. The van der Waals surface area contributed by atoms with Crippen LogP contribution in [-0.2, 0) is 20.9 Å². The zero-order chi connectivity index (χ0) is 17.3. The topological polar surface area (TPSA) is 92.5 Å². The number of rotatable bonds is 3. The molecule has 0 unspecified atom stereocenters. The molecule has 3 amide bonds. The van der Waals surface area contributed by atoms with Crippen LogP contribution in [0, 0.1) is 0 Å². The van der Waals surface area contributed by atoms with E-state index >= 15 is 0 Å². The van der Waals surface area contributed by atoms with E-state index in [2.05, 4.69) is 5.32 Å². The third-order valence-corrected chi connectivity index (χ3v) is 4.04. The van der Waals surface area contributed by atoms with Gasteiger partial charge in [0.2, 0.25) is 5.91 Å². The van der Waals surface area contributed by atoms with Gasteiger partial charge in [-0.2, -0.15) is 0 Å². The fourth-order valence-electron chi connectivity index (χ4n) is 2.72. The van der Waals surface area contributed by atoms with Crippen molar-refractivity contribution in [2.24, 2.45) is 5.73 Å². The maximum absolute atomic E-state index is 12.5.